The van der Waals surface area contributed by atoms with Crippen molar-refractivity contribution in [2.45, 2.75) is 32.7 Å². The third kappa shape index (κ3) is 7.04. The van der Waals surface area contributed by atoms with Crippen molar-refractivity contribution < 1.29 is 17.9 Å². The van der Waals surface area contributed by atoms with Crippen LogP contribution in [-0.2, 0) is 26.1 Å². The molecule has 14 heteroatoms. The number of piperazine rings is 2. The molecule has 0 unspecified atom stereocenters. The summed E-state index contributed by atoms with van der Waals surface area (Å²) in [7, 11) is -3.16. The van der Waals surface area contributed by atoms with E-state index < -0.39 is 10.0 Å². The molecule has 44 heavy (non-hydrogen) atoms. The second-order valence-corrected chi connectivity index (χ2v) is 14.6. The van der Waals surface area contributed by atoms with E-state index in [1.165, 1.54) is 11.1 Å². The lowest BCUT2D eigenvalue weighted by Crippen LogP contribution is -2.47. The number of unbranched alkanes of at least 4 members (excludes halogenated alkanes) is 1. The summed E-state index contributed by atoms with van der Waals surface area (Å²) in [5.74, 6) is 1.54. The molecule has 0 radical (unpaired) electrons. The van der Waals surface area contributed by atoms with Crippen molar-refractivity contribution in [1.82, 2.24) is 34.3 Å². The monoisotopic (exact) mass is 640 g/mol. The van der Waals surface area contributed by atoms with Crippen molar-refractivity contribution in [2.75, 3.05) is 76.7 Å². The number of nitrogens with zero attached hydrogens (tertiary/aromatic N) is 7. The van der Waals surface area contributed by atoms with E-state index in [2.05, 4.69) is 31.0 Å². The van der Waals surface area contributed by atoms with Crippen LogP contribution in [0.4, 0.5) is 5.82 Å². The molecule has 3 aromatic heterocycles. The molecule has 2 fully saturated rings. The summed E-state index contributed by atoms with van der Waals surface area (Å²) >= 11 is 1.73. The average Bonchev–Trinajstić information content (AvgIpc) is 3.66. The Morgan fingerprint density at radius 2 is 1.80 bits per heavy atom. The van der Waals surface area contributed by atoms with E-state index in [-0.39, 0.29) is 5.97 Å². The number of rotatable bonds is 11. The van der Waals surface area contributed by atoms with Crippen molar-refractivity contribution in [3.63, 3.8) is 0 Å². The molecular formula is C30H40N8O4S2. The first-order chi connectivity index (χ1) is 21.3. The molecule has 0 amide bonds. The van der Waals surface area contributed by atoms with Crippen LogP contribution < -0.4 is 4.90 Å². The number of carbonyl (C=O) groups excluding carboxylic acids is 1. The van der Waals surface area contributed by atoms with Crippen LogP contribution in [-0.4, -0.2) is 120 Å². The highest BCUT2D eigenvalue weighted by atomic mass is 32.2. The normalized spacial score (nSPS) is 17.5. The third-order valence-electron chi connectivity index (χ3n) is 8.39. The minimum absolute atomic E-state index is 0.113. The van der Waals surface area contributed by atoms with E-state index in [1.807, 2.05) is 31.3 Å². The second-order valence-electron chi connectivity index (χ2n) is 11.5. The van der Waals surface area contributed by atoms with Crippen molar-refractivity contribution in [3.05, 3.63) is 35.3 Å². The fraction of sp³-hybridized carbons (Fsp3) is 0.533. The summed E-state index contributed by atoms with van der Waals surface area (Å²) in [4.78, 5) is 30.3. The molecule has 0 atom stereocenters. The van der Waals surface area contributed by atoms with Gasteiger partial charge in [0.15, 0.2) is 11.6 Å². The molecule has 2 aliphatic heterocycles. The zero-order chi connectivity index (χ0) is 30.7. The fourth-order valence-corrected chi connectivity index (χ4v) is 7.98. The number of H-pyrrole nitrogens is 1. The van der Waals surface area contributed by atoms with Gasteiger partial charge in [-0.15, -0.1) is 11.3 Å². The molecule has 0 spiro atoms. The van der Waals surface area contributed by atoms with Crippen molar-refractivity contribution in [2.24, 2.45) is 0 Å². The van der Waals surface area contributed by atoms with Crippen LogP contribution in [0.2, 0.25) is 0 Å². The highest BCUT2D eigenvalue weighted by Gasteiger charge is 2.26. The van der Waals surface area contributed by atoms with Crippen molar-refractivity contribution >= 4 is 54.3 Å². The number of aromatic nitrogens is 4. The van der Waals surface area contributed by atoms with Crippen molar-refractivity contribution in [1.29, 1.82) is 0 Å². The number of thiophene rings is 1. The summed E-state index contributed by atoms with van der Waals surface area (Å²) in [6, 6.07) is 8.22. The molecule has 6 rings (SSSR count). The molecular weight excluding hydrogens is 601 g/mol. The van der Waals surface area contributed by atoms with E-state index in [4.69, 9.17) is 14.7 Å². The predicted octanol–water partition coefficient (Wildman–Crippen LogP) is 3.17. The van der Waals surface area contributed by atoms with Gasteiger partial charge in [0.05, 0.1) is 34.8 Å². The lowest BCUT2D eigenvalue weighted by molar-refractivity contribution is -0.143. The zero-order valence-corrected chi connectivity index (χ0v) is 27.0. The maximum atomic E-state index is 12.0. The Morgan fingerprint density at radius 1 is 1.02 bits per heavy atom. The van der Waals surface area contributed by atoms with Gasteiger partial charge in [0.2, 0.25) is 10.0 Å². The third-order valence-corrected chi connectivity index (χ3v) is 10.8. The molecule has 0 saturated carbocycles. The lowest BCUT2D eigenvalue weighted by atomic mass is 10.1. The summed E-state index contributed by atoms with van der Waals surface area (Å²) in [6.45, 7) is 10.0. The number of sulfonamides is 1. The SMILES string of the molecule is CCOC(=O)CCCCN1CCN(c2nc(-c3cccc4[nH]ncc34)nc3cc(CN4CCN(S(C)(=O)=O)CC4)sc23)CC1. The standard InChI is InChI=1S/C30H40N8O4S2/c1-3-42-27(39)9-4-5-10-35-11-15-37(16-12-35)30-28-26(32-29(33-30)23-7-6-8-25-24(23)20-31-34-25)19-22(43-28)21-36-13-17-38(18-14-36)44(2,40)41/h6-8,19-20H,3-5,9-18,21H2,1-2H3,(H,31,34). The first-order valence-corrected chi connectivity index (χ1v) is 18.0. The quantitative estimate of drug-likeness (QED) is 0.193. The number of anilines is 1. The van der Waals surface area contributed by atoms with E-state index in [1.54, 1.807) is 15.6 Å². The van der Waals surface area contributed by atoms with Crippen molar-refractivity contribution in [3.8, 4) is 11.4 Å². The first kappa shape index (κ1) is 30.8. The lowest BCUT2D eigenvalue weighted by Gasteiger charge is -2.35. The molecule has 2 saturated heterocycles. The maximum absolute atomic E-state index is 12.0. The van der Waals surface area contributed by atoms with E-state index in [9.17, 15) is 13.2 Å². The highest BCUT2D eigenvalue weighted by Crippen LogP contribution is 2.36. The molecule has 0 aliphatic carbocycles. The smallest absolute Gasteiger partial charge is 0.305 e. The summed E-state index contributed by atoms with van der Waals surface area (Å²) in [6.07, 6.45) is 5.40. The number of aromatic amines is 1. The second kappa shape index (κ2) is 13.4. The highest BCUT2D eigenvalue weighted by molar-refractivity contribution is 7.88. The van der Waals surface area contributed by atoms with E-state index in [0.29, 0.717) is 45.0 Å². The van der Waals surface area contributed by atoms with Gasteiger partial charge in [-0.3, -0.25) is 19.7 Å². The van der Waals surface area contributed by atoms with Crippen LogP contribution in [0.25, 0.3) is 32.5 Å². The Hall–Kier alpha value is -3.17. The first-order valence-electron chi connectivity index (χ1n) is 15.3. The number of carbonyl (C=O) groups is 1. The number of nitrogens with one attached hydrogen (secondary N) is 1. The molecule has 1 N–H and O–H groups in total. The number of hydrogen-bond acceptors (Lipinski definition) is 11. The predicted molar refractivity (Wildman–Crippen MR) is 173 cm³/mol. The van der Waals surface area contributed by atoms with Gasteiger partial charge in [-0.1, -0.05) is 12.1 Å². The zero-order valence-electron chi connectivity index (χ0n) is 25.4. The summed E-state index contributed by atoms with van der Waals surface area (Å²) in [5.41, 5.74) is 2.83. The fourth-order valence-electron chi connectivity index (χ4n) is 6.00. The maximum Gasteiger partial charge on any atom is 0.305 e. The van der Waals surface area contributed by atoms with E-state index in [0.717, 1.165) is 84.6 Å². The summed E-state index contributed by atoms with van der Waals surface area (Å²) in [5, 5.41) is 8.29. The van der Waals surface area contributed by atoms with Gasteiger partial charge in [0, 0.05) is 81.2 Å². The van der Waals surface area contributed by atoms with Crippen LogP contribution in [0.15, 0.2) is 30.5 Å². The van der Waals surface area contributed by atoms with Crippen LogP contribution in [0, 0.1) is 0 Å². The Morgan fingerprint density at radius 3 is 2.55 bits per heavy atom. The molecule has 2 aliphatic rings. The topological polar surface area (TPSA) is 128 Å². The van der Waals surface area contributed by atoms with Gasteiger partial charge >= 0.3 is 5.97 Å². The molecule has 236 valence electrons. The average molecular weight is 641 g/mol. The van der Waals surface area contributed by atoms with Gasteiger partial charge in [0.25, 0.3) is 0 Å². The minimum Gasteiger partial charge on any atom is -0.466 e. The molecule has 4 aromatic rings. The number of benzene rings is 1. The van der Waals surface area contributed by atoms with Crippen LogP contribution in [0.3, 0.4) is 0 Å². The van der Waals surface area contributed by atoms with Gasteiger partial charge in [-0.25, -0.2) is 18.4 Å². The summed E-state index contributed by atoms with van der Waals surface area (Å²) < 4.78 is 31.6. The molecule has 0 bridgehead atoms. The van der Waals surface area contributed by atoms with E-state index >= 15 is 0 Å². The Labute approximate surface area is 262 Å². The molecule has 1 aromatic carbocycles. The number of esters is 1. The molecule has 5 heterocycles. The number of fused-ring (bicyclic) bond motifs is 2. The van der Waals surface area contributed by atoms with Crippen LogP contribution >= 0.6 is 11.3 Å². The van der Waals surface area contributed by atoms with Gasteiger partial charge in [0.1, 0.15) is 0 Å². The van der Waals surface area contributed by atoms with Gasteiger partial charge in [-0.2, -0.15) is 9.40 Å². The minimum atomic E-state index is -3.16. The largest absolute Gasteiger partial charge is 0.466 e. The Bertz CT molecular complexity index is 1710. The van der Waals surface area contributed by atoms with Crippen LogP contribution in [0.5, 0.6) is 0 Å². The number of hydrogen-bond donors (Lipinski definition) is 1. The van der Waals surface area contributed by atoms with Gasteiger partial charge in [-0.05, 0) is 38.4 Å². The Balaban J connectivity index is 1.21. The van der Waals surface area contributed by atoms with Crippen LogP contribution in [0.1, 0.15) is 31.1 Å². The Kier molecular flexibility index (Phi) is 9.42. The van der Waals surface area contributed by atoms with Gasteiger partial charge < -0.3 is 9.64 Å². The number of ether oxygens (including phenoxy) is 1. The molecule has 12 nitrogen and oxygen atoms in total.